The van der Waals surface area contributed by atoms with Gasteiger partial charge in [-0.3, -0.25) is 4.79 Å². The molecule has 0 atom stereocenters. The van der Waals surface area contributed by atoms with E-state index in [1.54, 1.807) is 6.08 Å². The predicted molar refractivity (Wildman–Crippen MR) is 189 cm³/mol. The molecule has 0 saturated heterocycles. The van der Waals surface area contributed by atoms with Crippen LogP contribution in [0, 0.1) is 0 Å². The molecule has 3 rings (SSSR count). The highest BCUT2D eigenvalue weighted by molar-refractivity contribution is 5.90. The molecule has 1 aliphatic carbocycles. The van der Waals surface area contributed by atoms with Gasteiger partial charge in [-0.25, -0.2) is 0 Å². The zero-order valence-corrected chi connectivity index (χ0v) is 28.5. The smallest absolute Gasteiger partial charge is 0.193 e. The molecule has 42 heavy (non-hydrogen) atoms. The number of Topliss-reactive ketones (excluding diaryl/α,β-unsaturated/α-hetero) is 1. The number of hydrogen-bond donors (Lipinski definition) is 1. The number of hydrogen-bond acceptors (Lipinski definition) is 3. The van der Waals surface area contributed by atoms with Crippen LogP contribution in [0.3, 0.4) is 0 Å². The van der Waals surface area contributed by atoms with E-state index in [-0.39, 0.29) is 17.6 Å². The number of carbonyl (C=O) groups is 1. The Hall–Kier alpha value is -3.17. The Morgan fingerprint density at radius 3 is 1.74 bits per heavy atom. The third-order valence-corrected chi connectivity index (χ3v) is 5.71. The van der Waals surface area contributed by atoms with Crippen LogP contribution < -0.4 is 5.32 Å². The zero-order chi connectivity index (χ0) is 32.4. The van der Waals surface area contributed by atoms with Crippen molar-refractivity contribution in [3.63, 3.8) is 0 Å². The minimum absolute atomic E-state index is 0.0822. The van der Waals surface area contributed by atoms with Gasteiger partial charge in [0.05, 0.1) is 0 Å². The van der Waals surface area contributed by atoms with Crippen molar-refractivity contribution in [3.8, 4) is 0 Å². The first-order valence-corrected chi connectivity index (χ1v) is 15.9. The number of fused-ring (bicyclic) bond motifs is 1. The Morgan fingerprint density at radius 1 is 0.881 bits per heavy atom. The quantitative estimate of drug-likeness (QED) is 0.173. The summed E-state index contributed by atoms with van der Waals surface area (Å²) >= 11 is 0. The third kappa shape index (κ3) is 27.0. The van der Waals surface area contributed by atoms with Crippen LogP contribution in [0.25, 0.3) is 0 Å². The summed E-state index contributed by atoms with van der Waals surface area (Å²) in [6.07, 6.45) is 17.9. The number of aryl methyl sites for hydroxylation is 1. The van der Waals surface area contributed by atoms with Crippen LogP contribution in [0.5, 0.6) is 0 Å². The number of rotatable bonds is 10. The summed E-state index contributed by atoms with van der Waals surface area (Å²) in [6.45, 7) is 24.3. The van der Waals surface area contributed by atoms with Gasteiger partial charge in [0.2, 0.25) is 0 Å². The molecule has 3 heteroatoms. The van der Waals surface area contributed by atoms with Crippen LogP contribution in [0.4, 0.5) is 0 Å². The number of ether oxygens (including phenoxy) is 1. The SMILES string of the molecule is C=C(OC1Cc2ccccc2C1)C(C)=O.C=C/C=C\C=C/C.CC.CCCCC.CCCc1ccccc1.CCNC. The van der Waals surface area contributed by atoms with Gasteiger partial charge in [-0.1, -0.05) is 165 Å². The number of ketones is 1. The summed E-state index contributed by atoms with van der Waals surface area (Å²) in [5, 5.41) is 2.93. The highest BCUT2D eigenvalue weighted by Gasteiger charge is 2.23. The van der Waals surface area contributed by atoms with E-state index in [4.69, 9.17) is 4.74 Å². The Kier molecular flexibility index (Phi) is 35.1. The number of allylic oxidation sites excluding steroid dienone is 6. The topological polar surface area (TPSA) is 38.3 Å². The molecule has 236 valence electrons. The van der Waals surface area contributed by atoms with Crippen LogP contribution in [0.1, 0.15) is 97.8 Å². The van der Waals surface area contributed by atoms with Crippen molar-refractivity contribution in [2.24, 2.45) is 0 Å². The normalized spacial score (nSPS) is 11.0. The van der Waals surface area contributed by atoms with E-state index in [9.17, 15) is 4.79 Å². The molecule has 3 nitrogen and oxygen atoms in total. The van der Waals surface area contributed by atoms with Crippen molar-refractivity contribution in [3.05, 3.63) is 121 Å². The van der Waals surface area contributed by atoms with E-state index < -0.39 is 0 Å². The van der Waals surface area contributed by atoms with E-state index in [2.05, 4.69) is 88.6 Å². The van der Waals surface area contributed by atoms with E-state index >= 15 is 0 Å². The van der Waals surface area contributed by atoms with Gasteiger partial charge in [0, 0.05) is 19.8 Å². The van der Waals surface area contributed by atoms with Crippen molar-refractivity contribution in [1.82, 2.24) is 5.32 Å². The van der Waals surface area contributed by atoms with Crippen molar-refractivity contribution < 1.29 is 9.53 Å². The van der Waals surface area contributed by atoms with Gasteiger partial charge in [-0.15, -0.1) is 0 Å². The summed E-state index contributed by atoms with van der Waals surface area (Å²) in [5.74, 6) is 0.179. The fourth-order valence-corrected chi connectivity index (χ4v) is 3.43. The Bertz CT molecular complexity index is 915. The number of carbonyl (C=O) groups excluding carboxylic acids is 1. The second kappa shape index (κ2) is 34.0. The molecule has 2 aromatic rings. The maximum atomic E-state index is 11.0. The maximum absolute atomic E-state index is 11.0. The van der Waals surface area contributed by atoms with Gasteiger partial charge in [0.1, 0.15) is 6.10 Å². The molecule has 2 aromatic carbocycles. The van der Waals surface area contributed by atoms with Crippen molar-refractivity contribution in [1.29, 1.82) is 0 Å². The molecular weight excluding hydrogens is 514 g/mol. The summed E-state index contributed by atoms with van der Waals surface area (Å²) in [5.41, 5.74) is 4.08. The molecule has 0 radical (unpaired) electrons. The van der Waals surface area contributed by atoms with Gasteiger partial charge < -0.3 is 10.1 Å². The lowest BCUT2D eigenvalue weighted by Gasteiger charge is -2.12. The maximum Gasteiger partial charge on any atom is 0.193 e. The molecule has 0 heterocycles. The Morgan fingerprint density at radius 2 is 1.38 bits per heavy atom. The Balaban J connectivity index is -0.000000487. The highest BCUT2D eigenvalue weighted by Crippen LogP contribution is 2.25. The average Bonchev–Trinajstić information content (AvgIpc) is 3.43. The second-order valence-electron chi connectivity index (χ2n) is 9.34. The Labute approximate surface area is 260 Å². The third-order valence-electron chi connectivity index (χ3n) is 5.71. The predicted octanol–water partition coefficient (Wildman–Crippen LogP) is 10.7. The fourth-order valence-electron chi connectivity index (χ4n) is 3.43. The molecular formula is C39H63NO2. The van der Waals surface area contributed by atoms with Crippen LogP contribution in [-0.4, -0.2) is 25.5 Å². The lowest BCUT2D eigenvalue weighted by Crippen LogP contribution is -2.14. The average molecular weight is 578 g/mol. The lowest BCUT2D eigenvalue weighted by atomic mass is 10.1. The van der Waals surface area contributed by atoms with Gasteiger partial charge in [-0.05, 0) is 43.6 Å². The van der Waals surface area contributed by atoms with Gasteiger partial charge >= 0.3 is 0 Å². The summed E-state index contributed by atoms with van der Waals surface area (Å²) in [6, 6.07) is 18.8. The van der Waals surface area contributed by atoms with Crippen LogP contribution in [0.15, 0.2) is 104 Å². The molecule has 0 unspecified atom stereocenters. The largest absolute Gasteiger partial charge is 0.487 e. The monoisotopic (exact) mass is 577 g/mol. The van der Waals surface area contributed by atoms with E-state index in [1.165, 1.54) is 55.7 Å². The summed E-state index contributed by atoms with van der Waals surface area (Å²) < 4.78 is 5.51. The van der Waals surface area contributed by atoms with Gasteiger partial charge in [0.25, 0.3) is 0 Å². The summed E-state index contributed by atoms with van der Waals surface area (Å²) in [4.78, 5) is 11.0. The minimum atomic E-state index is -0.0917. The van der Waals surface area contributed by atoms with Crippen LogP contribution in [0.2, 0.25) is 0 Å². The number of nitrogens with one attached hydrogen (secondary N) is 1. The van der Waals surface area contributed by atoms with Crippen LogP contribution in [-0.2, 0) is 28.8 Å². The first-order valence-electron chi connectivity index (χ1n) is 15.9. The molecule has 1 N–H and O–H groups in total. The van der Waals surface area contributed by atoms with Crippen molar-refractivity contribution in [2.45, 2.75) is 106 Å². The van der Waals surface area contributed by atoms with Crippen molar-refractivity contribution >= 4 is 5.78 Å². The fraction of sp³-hybridized carbons (Fsp3) is 0.462. The standard InChI is InChI=1S/C13H14O2.C9H12.C7H10.C5H12.C3H9N.C2H6/c1-9(14)10(2)15-13-7-11-5-3-4-6-12(11)8-13;1-2-6-9-7-4-3-5-8-9;1-3-5-7-6-4-2;1-3-5-4-2;1-3-4-2;1-2/h3-6,13H,2,7-8H2,1H3;3-5,7-8H,2,6H2,1H3;3-7H,1H2,2H3;3-5H2,1-2H3;4H,3H2,1-2H3;1-2H3/b;;6-4-,7-5-;;;. The number of unbranched alkanes of at least 4 members (excludes halogenated alkanes) is 2. The van der Waals surface area contributed by atoms with Gasteiger partial charge in [0.15, 0.2) is 11.5 Å². The molecule has 0 aliphatic heterocycles. The molecule has 0 aromatic heterocycles. The van der Waals surface area contributed by atoms with E-state index in [0.29, 0.717) is 0 Å². The highest BCUT2D eigenvalue weighted by atomic mass is 16.5. The molecule has 0 fully saturated rings. The first-order chi connectivity index (χ1) is 20.3. The van der Waals surface area contributed by atoms with Crippen LogP contribution >= 0.6 is 0 Å². The molecule has 0 bridgehead atoms. The lowest BCUT2D eigenvalue weighted by molar-refractivity contribution is -0.117. The van der Waals surface area contributed by atoms with Gasteiger partial charge in [-0.2, -0.15) is 0 Å². The number of benzene rings is 2. The molecule has 0 amide bonds. The minimum Gasteiger partial charge on any atom is -0.487 e. The molecule has 0 saturated carbocycles. The van der Waals surface area contributed by atoms with Crippen molar-refractivity contribution in [2.75, 3.05) is 13.6 Å². The first kappa shape index (κ1) is 43.3. The zero-order valence-electron chi connectivity index (χ0n) is 28.5. The second-order valence-corrected chi connectivity index (χ2v) is 9.34. The molecule has 0 spiro atoms. The summed E-state index contributed by atoms with van der Waals surface area (Å²) in [7, 11) is 1.93. The van der Waals surface area contributed by atoms with E-state index in [0.717, 1.165) is 19.4 Å². The molecule has 1 aliphatic rings. The van der Waals surface area contributed by atoms with E-state index in [1.807, 2.05) is 64.3 Å².